The van der Waals surface area contributed by atoms with Crippen molar-refractivity contribution >= 4 is 23.5 Å². The van der Waals surface area contributed by atoms with E-state index in [4.69, 9.17) is 0 Å². The molecule has 2 aliphatic heterocycles. The molecule has 3 heterocycles. The Morgan fingerprint density at radius 3 is 2.79 bits per heavy atom. The highest BCUT2D eigenvalue weighted by Crippen LogP contribution is 2.24. The molecule has 0 saturated carbocycles. The fraction of sp³-hybridized carbons (Fsp3) is 0.615. The molecule has 0 unspecified atom stereocenters. The molecule has 3 rings (SSSR count). The topological polar surface area (TPSA) is 49.3 Å². The highest BCUT2D eigenvalue weighted by molar-refractivity contribution is 7.99. The van der Waals surface area contributed by atoms with Gasteiger partial charge in [-0.15, -0.1) is 0 Å². The number of aryl methyl sites for hydroxylation is 1. The Morgan fingerprint density at radius 1 is 1.37 bits per heavy atom. The summed E-state index contributed by atoms with van der Waals surface area (Å²) in [5.41, 5.74) is 0. The number of anilines is 1. The van der Waals surface area contributed by atoms with Crippen molar-refractivity contribution in [3.05, 3.63) is 18.1 Å². The first kappa shape index (κ1) is 12.7. The lowest BCUT2D eigenvalue weighted by Crippen LogP contribution is -2.56. The van der Waals surface area contributed by atoms with Gasteiger partial charge in [-0.25, -0.2) is 9.97 Å². The van der Waals surface area contributed by atoms with Gasteiger partial charge >= 0.3 is 0 Å². The normalized spacial score (nSPS) is 20.3. The van der Waals surface area contributed by atoms with Crippen LogP contribution in [0.1, 0.15) is 5.82 Å². The fourth-order valence-electron chi connectivity index (χ4n) is 2.48. The number of carbonyl (C=O) groups excluding carboxylic acids is 1. The number of amides is 1. The van der Waals surface area contributed by atoms with E-state index in [2.05, 4.69) is 14.9 Å². The Bertz CT molecular complexity index is 469. The molecule has 6 heteroatoms. The van der Waals surface area contributed by atoms with Gasteiger partial charge in [-0.3, -0.25) is 4.79 Å². The van der Waals surface area contributed by atoms with Crippen molar-refractivity contribution in [2.75, 3.05) is 42.6 Å². The second-order valence-corrected chi connectivity index (χ2v) is 6.23. The maximum absolute atomic E-state index is 12.3. The molecule has 0 radical (unpaired) electrons. The van der Waals surface area contributed by atoms with Crippen molar-refractivity contribution in [3.8, 4) is 0 Å². The first-order valence-electron chi connectivity index (χ1n) is 6.65. The third-order valence-corrected chi connectivity index (χ3v) is 4.58. The van der Waals surface area contributed by atoms with E-state index in [0.29, 0.717) is 5.91 Å². The van der Waals surface area contributed by atoms with E-state index in [9.17, 15) is 4.79 Å². The number of aromatic nitrogens is 2. The monoisotopic (exact) mass is 278 g/mol. The van der Waals surface area contributed by atoms with Crippen LogP contribution in [0.15, 0.2) is 12.3 Å². The molecule has 0 bridgehead atoms. The van der Waals surface area contributed by atoms with Crippen molar-refractivity contribution in [1.82, 2.24) is 14.9 Å². The van der Waals surface area contributed by atoms with Gasteiger partial charge in [0.05, 0.1) is 5.92 Å². The predicted octanol–water partition coefficient (Wildman–Crippen LogP) is 0.797. The standard InChI is InChI=1S/C13H18N4OS/c1-10-14-3-2-12(15-10)17-8-11(9-17)13(18)16-4-6-19-7-5-16/h2-3,11H,4-9H2,1H3. The van der Waals surface area contributed by atoms with Crippen LogP contribution in [-0.4, -0.2) is 58.5 Å². The molecule has 5 nitrogen and oxygen atoms in total. The molecule has 2 aliphatic rings. The number of nitrogens with zero attached hydrogens (tertiary/aromatic N) is 4. The summed E-state index contributed by atoms with van der Waals surface area (Å²) in [6.07, 6.45) is 1.77. The summed E-state index contributed by atoms with van der Waals surface area (Å²) in [7, 11) is 0. The molecular formula is C13H18N4OS. The average molecular weight is 278 g/mol. The molecule has 102 valence electrons. The largest absolute Gasteiger partial charge is 0.355 e. The van der Waals surface area contributed by atoms with Crippen molar-refractivity contribution in [3.63, 3.8) is 0 Å². The van der Waals surface area contributed by atoms with E-state index in [1.807, 2.05) is 29.7 Å². The van der Waals surface area contributed by atoms with Gasteiger partial charge in [-0.2, -0.15) is 11.8 Å². The third-order valence-electron chi connectivity index (χ3n) is 3.64. The number of carbonyl (C=O) groups is 1. The molecule has 2 saturated heterocycles. The van der Waals surface area contributed by atoms with Crippen LogP contribution in [0.25, 0.3) is 0 Å². The van der Waals surface area contributed by atoms with Gasteiger partial charge in [0.1, 0.15) is 11.6 Å². The SMILES string of the molecule is Cc1nccc(N2CC(C(=O)N3CCSCC3)C2)n1. The van der Waals surface area contributed by atoms with E-state index in [1.54, 1.807) is 6.20 Å². The van der Waals surface area contributed by atoms with Gasteiger partial charge in [0.25, 0.3) is 0 Å². The van der Waals surface area contributed by atoms with Gasteiger partial charge in [-0.1, -0.05) is 0 Å². The van der Waals surface area contributed by atoms with Crippen molar-refractivity contribution < 1.29 is 4.79 Å². The number of thioether (sulfide) groups is 1. The number of hydrogen-bond donors (Lipinski definition) is 0. The quantitative estimate of drug-likeness (QED) is 0.801. The van der Waals surface area contributed by atoms with Crippen molar-refractivity contribution in [2.45, 2.75) is 6.92 Å². The summed E-state index contributed by atoms with van der Waals surface area (Å²) >= 11 is 1.93. The summed E-state index contributed by atoms with van der Waals surface area (Å²) in [6.45, 7) is 5.29. The molecule has 0 N–H and O–H groups in total. The van der Waals surface area contributed by atoms with Crippen LogP contribution in [0.4, 0.5) is 5.82 Å². The van der Waals surface area contributed by atoms with E-state index in [-0.39, 0.29) is 5.92 Å². The minimum Gasteiger partial charge on any atom is -0.355 e. The van der Waals surface area contributed by atoms with E-state index in [0.717, 1.165) is 49.3 Å². The van der Waals surface area contributed by atoms with Crippen molar-refractivity contribution in [1.29, 1.82) is 0 Å². The minimum absolute atomic E-state index is 0.151. The molecule has 0 atom stereocenters. The first-order chi connectivity index (χ1) is 9.24. The first-order valence-corrected chi connectivity index (χ1v) is 7.80. The Labute approximate surface area is 117 Å². The summed E-state index contributed by atoms with van der Waals surface area (Å²) in [5, 5.41) is 0. The number of rotatable bonds is 2. The Kier molecular flexibility index (Phi) is 3.59. The van der Waals surface area contributed by atoms with Gasteiger partial charge in [0, 0.05) is 43.9 Å². The highest BCUT2D eigenvalue weighted by Gasteiger charge is 2.36. The van der Waals surface area contributed by atoms with E-state index in [1.165, 1.54) is 0 Å². The fourth-order valence-corrected chi connectivity index (χ4v) is 3.39. The van der Waals surface area contributed by atoms with Crippen LogP contribution in [-0.2, 0) is 4.79 Å². The molecule has 19 heavy (non-hydrogen) atoms. The van der Waals surface area contributed by atoms with Crippen LogP contribution >= 0.6 is 11.8 Å². The lowest BCUT2D eigenvalue weighted by atomic mass is 9.98. The molecule has 0 aromatic carbocycles. The maximum atomic E-state index is 12.3. The van der Waals surface area contributed by atoms with Crippen LogP contribution < -0.4 is 4.90 Å². The van der Waals surface area contributed by atoms with Crippen LogP contribution in [0, 0.1) is 12.8 Å². The van der Waals surface area contributed by atoms with Gasteiger partial charge in [-0.05, 0) is 13.0 Å². The average Bonchev–Trinajstić information content (AvgIpc) is 2.38. The third kappa shape index (κ3) is 2.68. The van der Waals surface area contributed by atoms with Crippen molar-refractivity contribution in [2.24, 2.45) is 5.92 Å². The minimum atomic E-state index is 0.151. The van der Waals surface area contributed by atoms with E-state index < -0.39 is 0 Å². The molecule has 1 amide bonds. The summed E-state index contributed by atoms with van der Waals surface area (Å²) in [5.74, 6) is 4.34. The summed E-state index contributed by atoms with van der Waals surface area (Å²) < 4.78 is 0. The molecular weight excluding hydrogens is 260 g/mol. The van der Waals surface area contributed by atoms with Crippen LogP contribution in [0.2, 0.25) is 0 Å². The number of hydrogen-bond acceptors (Lipinski definition) is 5. The summed E-state index contributed by atoms with van der Waals surface area (Å²) in [4.78, 5) is 24.9. The Morgan fingerprint density at radius 2 is 2.11 bits per heavy atom. The van der Waals surface area contributed by atoms with Gasteiger partial charge in [0.2, 0.25) is 5.91 Å². The molecule has 0 spiro atoms. The molecule has 2 fully saturated rings. The van der Waals surface area contributed by atoms with Crippen LogP contribution in [0.3, 0.4) is 0 Å². The Balaban J connectivity index is 1.56. The molecule has 1 aromatic rings. The zero-order valence-electron chi connectivity index (χ0n) is 11.1. The highest BCUT2D eigenvalue weighted by atomic mass is 32.2. The van der Waals surface area contributed by atoms with E-state index >= 15 is 0 Å². The Hall–Kier alpha value is -1.30. The molecule has 1 aromatic heterocycles. The van der Waals surface area contributed by atoms with Crippen LogP contribution in [0.5, 0.6) is 0 Å². The lowest BCUT2D eigenvalue weighted by Gasteiger charge is -2.42. The second-order valence-electron chi connectivity index (χ2n) is 5.00. The van der Waals surface area contributed by atoms with Gasteiger partial charge < -0.3 is 9.80 Å². The predicted molar refractivity (Wildman–Crippen MR) is 76.4 cm³/mol. The lowest BCUT2D eigenvalue weighted by molar-refractivity contribution is -0.135. The molecule has 0 aliphatic carbocycles. The second kappa shape index (κ2) is 5.36. The zero-order valence-corrected chi connectivity index (χ0v) is 11.9. The van der Waals surface area contributed by atoms with Gasteiger partial charge in [0.15, 0.2) is 0 Å². The summed E-state index contributed by atoms with van der Waals surface area (Å²) in [6, 6.07) is 1.91. The zero-order chi connectivity index (χ0) is 13.2. The smallest absolute Gasteiger partial charge is 0.229 e. The maximum Gasteiger partial charge on any atom is 0.229 e.